The first-order chi connectivity index (χ1) is 20.3. The van der Waals surface area contributed by atoms with Crippen molar-refractivity contribution in [1.82, 2.24) is 4.57 Å². The highest BCUT2D eigenvalue weighted by atomic mass is 15.0. The van der Waals surface area contributed by atoms with E-state index in [-0.39, 0.29) is 0 Å². The highest BCUT2D eigenvalue weighted by Gasteiger charge is 2.15. The van der Waals surface area contributed by atoms with Gasteiger partial charge in [-0.25, -0.2) is 0 Å². The van der Waals surface area contributed by atoms with Crippen LogP contribution in [0.1, 0.15) is 0 Å². The smallest absolute Gasteiger partial charge is 0.0547 e. The highest BCUT2D eigenvalue weighted by Crippen LogP contribution is 2.39. The second-order valence-corrected chi connectivity index (χ2v) is 11.0. The first-order valence-electron chi connectivity index (χ1n) is 14.2. The normalized spacial score (nSPS) is 11.9. The molecule has 0 atom stereocenters. The van der Waals surface area contributed by atoms with Crippen molar-refractivity contribution in [3.8, 4) is 16.8 Å². The molecular formula is C40H25N. The maximum atomic E-state index is 2.42. The van der Waals surface area contributed by atoms with Gasteiger partial charge in [-0.1, -0.05) is 115 Å². The molecule has 9 aromatic rings. The van der Waals surface area contributed by atoms with Crippen molar-refractivity contribution in [2.75, 3.05) is 0 Å². The summed E-state index contributed by atoms with van der Waals surface area (Å²) in [7, 11) is 0. The fraction of sp³-hybridized carbons (Fsp3) is 0. The number of hydrogen-bond acceptors (Lipinski definition) is 0. The lowest BCUT2D eigenvalue weighted by molar-refractivity contribution is 1.19. The molecule has 0 saturated heterocycles. The Morgan fingerprint density at radius 2 is 0.878 bits per heavy atom. The number of para-hydroxylation sites is 1. The summed E-state index contributed by atoms with van der Waals surface area (Å²) in [6.07, 6.45) is 0. The lowest BCUT2D eigenvalue weighted by Gasteiger charge is -2.11. The fourth-order valence-corrected chi connectivity index (χ4v) is 6.74. The van der Waals surface area contributed by atoms with Crippen molar-refractivity contribution in [2.45, 2.75) is 0 Å². The van der Waals surface area contributed by atoms with Crippen molar-refractivity contribution in [1.29, 1.82) is 0 Å². The van der Waals surface area contributed by atoms with E-state index in [2.05, 4.69) is 156 Å². The third-order valence-electron chi connectivity index (χ3n) is 8.73. The first-order valence-corrected chi connectivity index (χ1v) is 14.2. The Morgan fingerprint density at radius 1 is 0.317 bits per heavy atom. The summed E-state index contributed by atoms with van der Waals surface area (Å²) in [6.45, 7) is 0. The van der Waals surface area contributed by atoms with Crippen LogP contribution in [-0.4, -0.2) is 4.57 Å². The molecule has 1 nitrogen and oxygen atoms in total. The van der Waals surface area contributed by atoms with Crippen LogP contribution in [0.25, 0.3) is 81.7 Å². The van der Waals surface area contributed by atoms with Gasteiger partial charge in [0, 0.05) is 16.5 Å². The van der Waals surface area contributed by atoms with Gasteiger partial charge in [0.05, 0.1) is 11.0 Å². The summed E-state index contributed by atoms with van der Waals surface area (Å²) in [5.41, 5.74) is 6.13. The standard InChI is InChI=1S/C40H25N/c1-2-9-30-23-33(21-19-26(30)7-1)41-38-12-6-5-11-35(38)40-37-25-32(18-16-29(37)20-22-39(40)41)31-17-15-28-14-13-27-8-3-4-10-34(27)36(28)24-31/h1-25H. The van der Waals surface area contributed by atoms with Gasteiger partial charge in [-0.15, -0.1) is 0 Å². The molecule has 0 aliphatic carbocycles. The van der Waals surface area contributed by atoms with E-state index in [0.29, 0.717) is 0 Å². The Morgan fingerprint density at radius 3 is 1.71 bits per heavy atom. The van der Waals surface area contributed by atoms with Crippen molar-refractivity contribution in [2.24, 2.45) is 0 Å². The molecule has 8 aromatic carbocycles. The second kappa shape index (κ2) is 8.55. The zero-order valence-electron chi connectivity index (χ0n) is 22.4. The molecule has 0 saturated carbocycles. The average Bonchev–Trinajstić information content (AvgIpc) is 3.39. The van der Waals surface area contributed by atoms with Gasteiger partial charge in [0.1, 0.15) is 0 Å². The van der Waals surface area contributed by atoms with Crippen LogP contribution >= 0.6 is 0 Å². The van der Waals surface area contributed by atoms with Crippen LogP contribution in [0, 0.1) is 0 Å². The predicted octanol–water partition coefficient (Wildman–Crippen LogP) is 11.1. The van der Waals surface area contributed by atoms with Crippen molar-refractivity contribution in [3.63, 3.8) is 0 Å². The molecule has 0 unspecified atom stereocenters. The SMILES string of the molecule is c1ccc2cc(-n3c4ccccc4c4c5cc(-c6ccc7ccc8ccccc8c7c6)ccc5ccc43)ccc2c1. The van der Waals surface area contributed by atoms with E-state index in [1.54, 1.807) is 0 Å². The fourth-order valence-electron chi connectivity index (χ4n) is 6.74. The van der Waals surface area contributed by atoms with Gasteiger partial charge in [-0.3, -0.25) is 0 Å². The Bertz CT molecular complexity index is 2480. The van der Waals surface area contributed by atoms with Gasteiger partial charge in [0.25, 0.3) is 0 Å². The number of fused-ring (bicyclic) bond motifs is 9. The highest BCUT2D eigenvalue weighted by molar-refractivity contribution is 6.22. The van der Waals surface area contributed by atoms with Crippen LogP contribution in [-0.2, 0) is 0 Å². The number of nitrogens with zero attached hydrogens (tertiary/aromatic N) is 1. The zero-order valence-corrected chi connectivity index (χ0v) is 22.4. The summed E-state index contributed by atoms with van der Waals surface area (Å²) in [5.74, 6) is 0. The number of aromatic nitrogens is 1. The quantitative estimate of drug-likeness (QED) is 0.200. The van der Waals surface area contributed by atoms with Gasteiger partial charge in [-0.2, -0.15) is 0 Å². The van der Waals surface area contributed by atoms with Crippen LogP contribution in [0.2, 0.25) is 0 Å². The summed E-state index contributed by atoms with van der Waals surface area (Å²) in [5, 5.41) is 12.8. The Labute approximate surface area is 237 Å². The zero-order chi connectivity index (χ0) is 26.9. The third kappa shape index (κ3) is 3.36. The second-order valence-electron chi connectivity index (χ2n) is 11.0. The summed E-state index contributed by atoms with van der Waals surface area (Å²) < 4.78 is 2.42. The van der Waals surface area contributed by atoms with Crippen LogP contribution in [0.3, 0.4) is 0 Å². The van der Waals surface area contributed by atoms with E-state index in [4.69, 9.17) is 0 Å². The largest absolute Gasteiger partial charge is 0.309 e. The third-order valence-corrected chi connectivity index (χ3v) is 8.73. The molecule has 0 N–H and O–H groups in total. The van der Waals surface area contributed by atoms with Crippen LogP contribution < -0.4 is 0 Å². The van der Waals surface area contributed by atoms with E-state index >= 15 is 0 Å². The maximum absolute atomic E-state index is 2.42. The molecule has 0 aliphatic heterocycles. The monoisotopic (exact) mass is 519 g/mol. The molecule has 41 heavy (non-hydrogen) atoms. The van der Waals surface area contributed by atoms with Crippen LogP contribution in [0.15, 0.2) is 152 Å². The van der Waals surface area contributed by atoms with Crippen molar-refractivity contribution < 1.29 is 0 Å². The predicted molar refractivity (Wildman–Crippen MR) is 176 cm³/mol. The topological polar surface area (TPSA) is 4.93 Å². The maximum Gasteiger partial charge on any atom is 0.0547 e. The van der Waals surface area contributed by atoms with E-state index in [9.17, 15) is 0 Å². The molecule has 0 bridgehead atoms. The molecule has 0 fully saturated rings. The lowest BCUT2D eigenvalue weighted by atomic mass is 9.95. The molecule has 0 amide bonds. The molecule has 0 aliphatic rings. The summed E-state index contributed by atoms with van der Waals surface area (Å²) in [6, 6.07) is 55.7. The van der Waals surface area contributed by atoms with Gasteiger partial charge >= 0.3 is 0 Å². The van der Waals surface area contributed by atoms with Gasteiger partial charge in [0.2, 0.25) is 0 Å². The van der Waals surface area contributed by atoms with Crippen LogP contribution in [0.4, 0.5) is 0 Å². The minimum atomic E-state index is 1.19. The van der Waals surface area contributed by atoms with E-state index in [1.807, 2.05) is 0 Å². The van der Waals surface area contributed by atoms with Gasteiger partial charge in [0.15, 0.2) is 0 Å². The molecule has 0 spiro atoms. The lowest BCUT2D eigenvalue weighted by Crippen LogP contribution is -1.93. The molecule has 1 heterocycles. The number of benzene rings is 8. The first kappa shape index (κ1) is 22.4. The van der Waals surface area contributed by atoms with E-state index in [1.165, 1.54) is 81.7 Å². The van der Waals surface area contributed by atoms with Crippen molar-refractivity contribution in [3.05, 3.63) is 152 Å². The van der Waals surface area contributed by atoms with Gasteiger partial charge < -0.3 is 4.57 Å². The molecular weight excluding hydrogens is 494 g/mol. The van der Waals surface area contributed by atoms with Crippen LogP contribution in [0.5, 0.6) is 0 Å². The Kier molecular flexibility index (Phi) is 4.67. The Hall–Kier alpha value is -5.40. The summed E-state index contributed by atoms with van der Waals surface area (Å²) >= 11 is 0. The Balaban J connectivity index is 1.31. The minimum Gasteiger partial charge on any atom is -0.309 e. The van der Waals surface area contributed by atoms with Crippen molar-refractivity contribution >= 4 is 64.9 Å². The molecule has 190 valence electrons. The average molecular weight is 520 g/mol. The van der Waals surface area contributed by atoms with E-state index in [0.717, 1.165) is 0 Å². The summed E-state index contributed by atoms with van der Waals surface area (Å²) in [4.78, 5) is 0. The molecule has 0 radical (unpaired) electrons. The minimum absolute atomic E-state index is 1.19. The molecule has 9 rings (SSSR count). The van der Waals surface area contributed by atoms with E-state index < -0.39 is 0 Å². The number of rotatable bonds is 2. The molecule has 1 heteroatoms. The number of hydrogen-bond donors (Lipinski definition) is 0. The van der Waals surface area contributed by atoms with Gasteiger partial charge in [-0.05, 0) is 90.6 Å². The molecule has 1 aromatic heterocycles.